The molecular formula is C8H13O. The maximum absolute atomic E-state index is 5.48. The lowest BCUT2D eigenvalue weighted by atomic mass is 10.00. The van der Waals surface area contributed by atoms with E-state index in [2.05, 4.69) is 19.9 Å². The summed E-state index contributed by atoms with van der Waals surface area (Å²) >= 11 is 0. The average Bonchev–Trinajstić information content (AvgIpc) is 1.60. The number of hydrogen-bond acceptors (Lipinski definition) is 1. The molecule has 0 aliphatic carbocycles. The molecule has 9 heavy (non-hydrogen) atoms. The molecule has 1 aliphatic heterocycles. The third-order valence-corrected chi connectivity index (χ3v) is 1.53. The topological polar surface area (TPSA) is 9.23 Å². The first kappa shape index (κ1) is 6.66. The van der Waals surface area contributed by atoms with Crippen LogP contribution in [-0.2, 0) is 4.74 Å². The summed E-state index contributed by atoms with van der Waals surface area (Å²) in [4.78, 5) is 0. The number of rotatable bonds is 0. The molecule has 0 amide bonds. The van der Waals surface area contributed by atoms with Gasteiger partial charge in [0.15, 0.2) is 0 Å². The monoisotopic (exact) mass is 125 g/mol. The Morgan fingerprint density at radius 2 is 2.22 bits per heavy atom. The summed E-state index contributed by atoms with van der Waals surface area (Å²) in [5.74, 6) is 0.950. The first-order chi connectivity index (χ1) is 4.10. The molecule has 0 N–H and O–H groups in total. The van der Waals surface area contributed by atoms with Gasteiger partial charge in [-0.25, -0.2) is 0 Å². The summed E-state index contributed by atoms with van der Waals surface area (Å²) in [6.07, 6.45) is 5.26. The van der Waals surface area contributed by atoms with Crippen LogP contribution in [0.2, 0.25) is 0 Å². The fourth-order valence-corrected chi connectivity index (χ4v) is 1.04. The number of allylic oxidation sites excluding steroid dienone is 2. The van der Waals surface area contributed by atoms with E-state index in [1.54, 1.807) is 0 Å². The molecular weight excluding hydrogens is 112 g/mol. The van der Waals surface area contributed by atoms with Gasteiger partial charge in [0, 0.05) is 0 Å². The van der Waals surface area contributed by atoms with Crippen molar-refractivity contribution in [2.75, 3.05) is 0 Å². The Bertz CT molecular complexity index is 134. The molecule has 0 unspecified atom stereocenters. The molecule has 51 valence electrons. The molecule has 0 saturated heterocycles. The Labute approximate surface area is 56.7 Å². The van der Waals surface area contributed by atoms with Gasteiger partial charge in [0.2, 0.25) is 0 Å². The van der Waals surface area contributed by atoms with Gasteiger partial charge in [0.1, 0.15) is 5.60 Å². The second-order valence-electron chi connectivity index (χ2n) is 3.09. The molecule has 1 rings (SSSR count). The van der Waals surface area contributed by atoms with Crippen molar-refractivity contribution in [3.05, 3.63) is 11.8 Å². The van der Waals surface area contributed by atoms with E-state index in [-0.39, 0.29) is 5.60 Å². The van der Waals surface area contributed by atoms with Crippen molar-refractivity contribution in [3.8, 4) is 0 Å². The quantitative estimate of drug-likeness (QED) is 0.482. The van der Waals surface area contributed by atoms with Crippen molar-refractivity contribution in [2.45, 2.75) is 39.2 Å². The smallest absolute Gasteiger partial charge is 0.103 e. The van der Waals surface area contributed by atoms with Crippen LogP contribution in [0.4, 0.5) is 0 Å². The van der Waals surface area contributed by atoms with Crippen molar-refractivity contribution in [1.82, 2.24) is 0 Å². The molecule has 0 saturated carbocycles. The molecule has 1 heterocycles. The van der Waals surface area contributed by atoms with Crippen LogP contribution in [0.3, 0.4) is 0 Å². The maximum Gasteiger partial charge on any atom is 0.103 e. The summed E-state index contributed by atoms with van der Waals surface area (Å²) in [5.41, 5.74) is 0.0509. The van der Waals surface area contributed by atoms with Crippen LogP contribution in [0.1, 0.15) is 33.6 Å². The summed E-state index contributed by atoms with van der Waals surface area (Å²) < 4.78 is 5.48. The Hall–Kier alpha value is -0.460. The SMILES string of the molecule is CC1=[C]CCC(C)(C)O1. The lowest BCUT2D eigenvalue weighted by Gasteiger charge is -2.29. The Morgan fingerprint density at radius 3 is 2.56 bits per heavy atom. The van der Waals surface area contributed by atoms with E-state index in [4.69, 9.17) is 4.74 Å². The summed E-state index contributed by atoms with van der Waals surface area (Å²) in [6.45, 7) is 6.18. The normalized spacial score (nSPS) is 24.6. The van der Waals surface area contributed by atoms with E-state index < -0.39 is 0 Å². The third-order valence-electron chi connectivity index (χ3n) is 1.53. The van der Waals surface area contributed by atoms with Crippen molar-refractivity contribution < 1.29 is 4.74 Å². The van der Waals surface area contributed by atoms with Gasteiger partial charge in [-0.1, -0.05) is 0 Å². The first-order valence-electron chi connectivity index (χ1n) is 3.37. The molecule has 0 bridgehead atoms. The maximum atomic E-state index is 5.48. The van der Waals surface area contributed by atoms with Crippen LogP contribution < -0.4 is 0 Å². The van der Waals surface area contributed by atoms with Crippen LogP contribution in [-0.4, -0.2) is 5.60 Å². The lowest BCUT2D eigenvalue weighted by Crippen LogP contribution is -2.25. The highest BCUT2D eigenvalue weighted by atomic mass is 16.5. The van der Waals surface area contributed by atoms with Gasteiger partial charge in [-0.3, -0.25) is 0 Å². The van der Waals surface area contributed by atoms with E-state index in [0.717, 1.165) is 18.6 Å². The highest BCUT2D eigenvalue weighted by molar-refractivity contribution is 4.91. The molecule has 0 fully saturated rings. The summed E-state index contributed by atoms with van der Waals surface area (Å²) in [5, 5.41) is 0. The van der Waals surface area contributed by atoms with E-state index in [0.29, 0.717) is 0 Å². The zero-order chi connectivity index (χ0) is 6.91. The molecule has 1 nitrogen and oxygen atoms in total. The fourth-order valence-electron chi connectivity index (χ4n) is 1.04. The molecule has 0 aromatic heterocycles. The van der Waals surface area contributed by atoms with Gasteiger partial charge in [0.05, 0.1) is 5.76 Å². The first-order valence-corrected chi connectivity index (χ1v) is 3.37. The Morgan fingerprint density at radius 1 is 1.56 bits per heavy atom. The van der Waals surface area contributed by atoms with Gasteiger partial charge in [-0.15, -0.1) is 0 Å². The fraction of sp³-hybridized carbons (Fsp3) is 0.750. The molecule has 1 heteroatoms. The number of hydrogen-bond donors (Lipinski definition) is 0. The van der Waals surface area contributed by atoms with Gasteiger partial charge < -0.3 is 4.74 Å². The zero-order valence-corrected chi connectivity index (χ0v) is 6.32. The average molecular weight is 125 g/mol. The highest BCUT2D eigenvalue weighted by Gasteiger charge is 2.21. The molecule has 0 atom stereocenters. The highest BCUT2D eigenvalue weighted by Crippen LogP contribution is 2.24. The van der Waals surface area contributed by atoms with E-state index >= 15 is 0 Å². The minimum absolute atomic E-state index is 0.0509. The zero-order valence-electron chi connectivity index (χ0n) is 6.32. The van der Waals surface area contributed by atoms with E-state index in [1.165, 1.54) is 0 Å². The Kier molecular flexibility index (Phi) is 1.52. The van der Waals surface area contributed by atoms with Crippen molar-refractivity contribution in [1.29, 1.82) is 0 Å². The minimum atomic E-state index is 0.0509. The Balaban J connectivity index is 2.59. The molecule has 0 aromatic carbocycles. The predicted molar refractivity (Wildman–Crippen MR) is 36.8 cm³/mol. The second kappa shape index (κ2) is 2.05. The largest absolute Gasteiger partial charge is 0.492 e. The third kappa shape index (κ3) is 1.74. The van der Waals surface area contributed by atoms with Crippen LogP contribution in [0.5, 0.6) is 0 Å². The van der Waals surface area contributed by atoms with Crippen molar-refractivity contribution >= 4 is 0 Å². The molecule has 1 radical (unpaired) electrons. The standard InChI is InChI=1S/C8H13O/c1-7-5-4-6-8(2,3)9-7/h4,6H2,1-3H3. The van der Waals surface area contributed by atoms with Crippen LogP contribution in [0.25, 0.3) is 0 Å². The van der Waals surface area contributed by atoms with Crippen molar-refractivity contribution in [3.63, 3.8) is 0 Å². The number of ether oxygens (including phenoxy) is 1. The predicted octanol–water partition coefficient (Wildman–Crippen LogP) is 2.28. The van der Waals surface area contributed by atoms with Gasteiger partial charge in [-0.05, 0) is 39.7 Å². The van der Waals surface area contributed by atoms with Crippen molar-refractivity contribution in [2.24, 2.45) is 0 Å². The second-order valence-corrected chi connectivity index (χ2v) is 3.09. The lowest BCUT2D eigenvalue weighted by molar-refractivity contribution is 0.0152. The van der Waals surface area contributed by atoms with Gasteiger partial charge >= 0.3 is 0 Å². The molecule has 0 spiro atoms. The summed E-state index contributed by atoms with van der Waals surface area (Å²) in [7, 11) is 0. The molecule has 0 aromatic rings. The minimum Gasteiger partial charge on any atom is -0.492 e. The van der Waals surface area contributed by atoms with Gasteiger partial charge in [-0.2, -0.15) is 0 Å². The van der Waals surface area contributed by atoms with Crippen LogP contribution in [0, 0.1) is 6.08 Å². The molecule has 1 aliphatic rings. The van der Waals surface area contributed by atoms with Crippen LogP contribution >= 0.6 is 0 Å². The van der Waals surface area contributed by atoms with Crippen LogP contribution in [0.15, 0.2) is 5.76 Å². The van der Waals surface area contributed by atoms with Gasteiger partial charge in [0.25, 0.3) is 0 Å². The summed E-state index contributed by atoms with van der Waals surface area (Å²) in [6, 6.07) is 0. The van der Waals surface area contributed by atoms with E-state index in [1.807, 2.05) is 6.92 Å². The van der Waals surface area contributed by atoms with E-state index in [9.17, 15) is 0 Å².